The van der Waals surface area contributed by atoms with Gasteiger partial charge in [0.15, 0.2) is 0 Å². The second-order valence-electron chi connectivity index (χ2n) is 4.33. The maximum absolute atomic E-state index is 11.4. The Kier molecular flexibility index (Phi) is 6.39. The Balaban J connectivity index is 1.98. The molecule has 98 valence electrons. The Hall–Kier alpha value is -1.30. The molecular weight excluding hydrogens is 220 g/mol. The minimum Gasteiger partial charge on any atom is -0.354 e. The fourth-order valence-corrected chi connectivity index (χ4v) is 1.95. The Labute approximate surface area is 102 Å². The Morgan fingerprint density at radius 1 is 1.24 bits per heavy atom. The van der Waals surface area contributed by atoms with Gasteiger partial charge in [-0.1, -0.05) is 6.42 Å². The van der Waals surface area contributed by atoms with Crippen LogP contribution in [-0.2, 0) is 4.79 Å². The zero-order chi connectivity index (χ0) is 12.5. The molecule has 0 aromatic rings. The number of nitrogens with two attached hydrogens (primary N) is 1. The van der Waals surface area contributed by atoms with Crippen LogP contribution in [0.5, 0.6) is 0 Å². The fraction of sp³-hybridized carbons (Fsp3) is 0.818. The second kappa shape index (κ2) is 7.89. The summed E-state index contributed by atoms with van der Waals surface area (Å²) in [5.74, 6) is 0.0312. The number of hydrogen-bond acceptors (Lipinski definition) is 3. The van der Waals surface area contributed by atoms with Crippen LogP contribution in [0.2, 0.25) is 0 Å². The first-order chi connectivity index (χ1) is 8.18. The first-order valence-corrected chi connectivity index (χ1v) is 6.22. The van der Waals surface area contributed by atoms with Gasteiger partial charge < -0.3 is 21.7 Å². The highest BCUT2D eigenvalue weighted by atomic mass is 16.2. The number of carbonyl (C=O) groups excluding carboxylic acids is 2. The lowest BCUT2D eigenvalue weighted by Gasteiger charge is -2.23. The summed E-state index contributed by atoms with van der Waals surface area (Å²) in [5.41, 5.74) is 4.89. The zero-order valence-corrected chi connectivity index (χ0v) is 10.1. The number of amides is 3. The molecule has 1 aliphatic rings. The van der Waals surface area contributed by atoms with Gasteiger partial charge in [-0.25, -0.2) is 4.79 Å². The van der Waals surface area contributed by atoms with Crippen molar-refractivity contribution in [3.05, 3.63) is 0 Å². The highest BCUT2D eigenvalue weighted by Gasteiger charge is 2.13. The average Bonchev–Trinajstić information content (AvgIpc) is 2.33. The molecule has 6 heteroatoms. The fourth-order valence-electron chi connectivity index (χ4n) is 1.95. The molecule has 0 radical (unpaired) electrons. The van der Waals surface area contributed by atoms with Crippen molar-refractivity contribution in [3.63, 3.8) is 0 Å². The van der Waals surface area contributed by atoms with Crippen molar-refractivity contribution in [2.24, 2.45) is 5.73 Å². The maximum atomic E-state index is 11.4. The number of piperidine rings is 1. The van der Waals surface area contributed by atoms with E-state index in [9.17, 15) is 9.59 Å². The van der Waals surface area contributed by atoms with Crippen molar-refractivity contribution in [1.29, 1.82) is 0 Å². The summed E-state index contributed by atoms with van der Waals surface area (Å²) in [6.07, 6.45) is 5.07. The predicted molar refractivity (Wildman–Crippen MR) is 65.5 cm³/mol. The van der Waals surface area contributed by atoms with Crippen LogP contribution in [0.1, 0.15) is 32.1 Å². The molecule has 1 unspecified atom stereocenters. The van der Waals surface area contributed by atoms with Gasteiger partial charge in [0.2, 0.25) is 5.91 Å². The molecule has 17 heavy (non-hydrogen) atoms. The highest BCUT2D eigenvalue weighted by molar-refractivity contribution is 5.76. The molecule has 0 aromatic heterocycles. The van der Waals surface area contributed by atoms with E-state index in [4.69, 9.17) is 5.73 Å². The Morgan fingerprint density at radius 2 is 2.00 bits per heavy atom. The number of rotatable bonds is 6. The van der Waals surface area contributed by atoms with Gasteiger partial charge >= 0.3 is 6.03 Å². The van der Waals surface area contributed by atoms with Gasteiger partial charge in [0.25, 0.3) is 0 Å². The molecule has 1 heterocycles. The Morgan fingerprint density at radius 3 is 2.65 bits per heavy atom. The first kappa shape index (κ1) is 13.8. The summed E-state index contributed by atoms with van der Waals surface area (Å²) < 4.78 is 0. The van der Waals surface area contributed by atoms with E-state index in [1.54, 1.807) is 0 Å². The van der Waals surface area contributed by atoms with E-state index in [2.05, 4.69) is 16.0 Å². The SMILES string of the molecule is NC(=O)NCCNC(=O)CCC1CCCCN1. The molecule has 0 spiro atoms. The molecule has 3 amide bonds. The summed E-state index contributed by atoms with van der Waals surface area (Å²) in [6.45, 7) is 1.87. The quantitative estimate of drug-likeness (QED) is 0.481. The van der Waals surface area contributed by atoms with E-state index < -0.39 is 6.03 Å². The first-order valence-electron chi connectivity index (χ1n) is 6.22. The van der Waals surface area contributed by atoms with E-state index in [0.29, 0.717) is 25.6 Å². The predicted octanol–water partition coefficient (Wildman–Crippen LogP) is -0.307. The lowest BCUT2D eigenvalue weighted by Crippen LogP contribution is -2.38. The van der Waals surface area contributed by atoms with Crippen LogP contribution in [0.25, 0.3) is 0 Å². The van der Waals surface area contributed by atoms with Gasteiger partial charge in [-0.2, -0.15) is 0 Å². The van der Waals surface area contributed by atoms with E-state index in [1.165, 1.54) is 12.8 Å². The molecule has 1 atom stereocenters. The molecule has 0 aliphatic carbocycles. The van der Waals surface area contributed by atoms with E-state index in [1.807, 2.05) is 0 Å². The van der Waals surface area contributed by atoms with Gasteiger partial charge in [-0.15, -0.1) is 0 Å². The third-order valence-corrected chi connectivity index (χ3v) is 2.88. The maximum Gasteiger partial charge on any atom is 0.312 e. The third-order valence-electron chi connectivity index (χ3n) is 2.88. The van der Waals surface area contributed by atoms with E-state index >= 15 is 0 Å². The van der Waals surface area contributed by atoms with Crippen LogP contribution in [0.4, 0.5) is 4.79 Å². The van der Waals surface area contributed by atoms with Crippen LogP contribution >= 0.6 is 0 Å². The monoisotopic (exact) mass is 242 g/mol. The lowest BCUT2D eigenvalue weighted by molar-refractivity contribution is -0.121. The summed E-state index contributed by atoms with van der Waals surface area (Å²) in [7, 11) is 0. The normalized spacial score (nSPS) is 19.6. The largest absolute Gasteiger partial charge is 0.354 e. The van der Waals surface area contributed by atoms with Crippen LogP contribution in [0.3, 0.4) is 0 Å². The van der Waals surface area contributed by atoms with Crippen molar-refractivity contribution in [1.82, 2.24) is 16.0 Å². The number of nitrogens with one attached hydrogen (secondary N) is 3. The minimum absolute atomic E-state index is 0.0312. The van der Waals surface area contributed by atoms with Gasteiger partial charge in [-0.3, -0.25) is 4.79 Å². The number of carbonyl (C=O) groups is 2. The number of hydrogen-bond donors (Lipinski definition) is 4. The van der Waals surface area contributed by atoms with E-state index in [0.717, 1.165) is 19.4 Å². The minimum atomic E-state index is -0.564. The number of primary amides is 1. The van der Waals surface area contributed by atoms with Gasteiger partial charge in [-0.05, 0) is 25.8 Å². The average molecular weight is 242 g/mol. The molecule has 5 N–H and O–H groups in total. The van der Waals surface area contributed by atoms with Crippen LogP contribution in [0.15, 0.2) is 0 Å². The zero-order valence-electron chi connectivity index (χ0n) is 10.1. The van der Waals surface area contributed by atoms with Crippen LogP contribution < -0.4 is 21.7 Å². The molecule has 0 saturated carbocycles. The molecular formula is C11H22N4O2. The molecule has 1 aliphatic heterocycles. The van der Waals surface area contributed by atoms with Crippen molar-refractivity contribution < 1.29 is 9.59 Å². The standard InChI is InChI=1S/C11H22N4O2/c12-11(17)15-8-7-14-10(16)5-4-9-3-1-2-6-13-9/h9,13H,1-8H2,(H,14,16)(H3,12,15,17). The second-order valence-corrected chi connectivity index (χ2v) is 4.33. The lowest BCUT2D eigenvalue weighted by atomic mass is 10.0. The van der Waals surface area contributed by atoms with Gasteiger partial charge in [0.05, 0.1) is 0 Å². The third kappa shape index (κ3) is 6.78. The van der Waals surface area contributed by atoms with E-state index in [-0.39, 0.29) is 5.91 Å². The highest BCUT2D eigenvalue weighted by Crippen LogP contribution is 2.11. The van der Waals surface area contributed by atoms with Crippen molar-refractivity contribution in [2.75, 3.05) is 19.6 Å². The molecule has 1 rings (SSSR count). The van der Waals surface area contributed by atoms with Crippen LogP contribution in [-0.4, -0.2) is 37.6 Å². The summed E-state index contributed by atoms with van der Waals surface area (Å²) in [4.78, 5) is 21.8. The van der Waals surface area contributed by atoms with Crippen LogP contribution in [0, 0.1) is 0 Å². The van der Waals surface area contributed by atoms with Crippen molar-refractivity contribution in [2.45, 2.75) is 38.1 Å². The van der Waals surface area contributed by atoms with Gasteiger partial charge in [0.1, 0.15) is 0 Å². The topological polar surface area (TPSA) is 96.2 Å². The summed E-state index contributed by atoms with van der Waals surface area (Å²) >= 11 is 0. The van der Waals surface area contributed by atoms with Crippen molar-refractivity contribution >= 4 is 11.9 Å². The van der Waals surface area contributed by atoms with Crippen molar-refractivity contribution in [3.8, 4) is 0 Å². The molecule has 1 fully saturated rings. The smallest absolute Gasteiger partial charge is 0.312 e. The van der Waals surface area contributed by atoms with Gasteiger partial charge in [0, 0.05) is 25.6 Å². The molecule has 6 nitrogen and oxygen atoms in total. The molecule has 0 aromatic carbocycles. The molecule has 0 bridgehead atoms. The summed E-state index contributed by atoms with van der Waals surface area (Å²) in [5, 5.41) is 8.56. The molecule has 1 saturated heterocycles. The number of urea groups is 1. The Bertz CT molecular complexity index is 252. The summed E-state index contributed by atoms with van der Waals surface area (Å²) in [6, 6.07) is -0.0797.